The van der Waals surface area contributed by atoms with Crippen LogP contribution >= 0.6 is 0 Å². The molecule has 0 heterocycles. The predicted octanol–water partition coefficient (Wildman–Crippen LogP) is 1.50. The Morgan fingerprint density at radius 3 is 2.71 bits per heavy atom. The van der Waals surface area contributed by atoms with Gasteiger partial charge in [0.25, 0.3) is 5.69 Å². The SMILES string of the molecule is [CH2]C(O)c1ccc([N+](=O)[O-])c(NC)c1. The lowest BCUT2D eigenvalue weighted by atomic mass is 10.1. The van der Waals surface area contributed by atoms with Crippen molar-refractivity contribution in [3.05, 3.63) is 40.8 Å². The third kappa shape index (κ3) is 2.00. The number of nitrogens with zero attached hydrogens (tertiary/aromatic N) is 1. The molecule has 0 saturated heterocycles. The Kier molecular flexibility index (Phi) is 3.03. The normalized spacial score (nSPS) is 12.2. The van der Waals surface area contributed by atoms with E-state index in [1.165, 1.54) is 18.2 Å². The molecular weight excluding hydrogens is 184 g/mol. The number of rotatable bonds is 3. The Bertz CT molecular complexity index is 350. The highest BCUT2D eigenvalue weighted by molar-refractivity contribution is 5.62. The van der Waals surface area contributed by atoms with Crippen LogP contribution in [0.5, 0.6) is 0 Å². The quantitative estimate of drug-likeness (QED) is 0.566. The Hall–Kier alpha value is -1.62. The third-order valence-electron chi connectivity index (χ3n) is 1.87. The molecule has 0 aliphatic heterocycles. The third-order valence-corrected chi connectivity index (χ3v) is 1.87. The van der Waals surface area contributed by atoms with E-state index < -0.39 is 11.0 Å². The summed E-state index contributed by atoms with van der Waals surface area (Å²) in [5, 5.41) is 22.4. The average molecular weight is 195 g/mol. The first-order valence-corrected chi connectivity index (χ1v) is 4.03. The number of nitro groups is 1. The number of nitrogens with one attached hydrogen (secondary N) is 1. The smallest absolute Gasteiger partial charge is 0.292 e. The van der Waals surface area contributed by atoms with Gasteiger partial charge in [-0.25, -0.2) is 0 Å². The number of hydrogen-bond donors (Lipinski definition) is 2. The zero-order valence-corrected chi connectivity index (χ0v) is 7.73. The Balaban J connectivity index is 3.18. The molecule has 75 valence electrons. The summed E-state index contributed by atoms with van der Waals surface area (Å²) in [4.78, 5) is 10.1. The maximum Gasteiger partial charge on any atom is 0.292 e. The van der Waals surface area contributed by atoms with Gasteiger partial charge in [-0.15, -0.1) is 0 Å². The molecular formula is C9H11N2O3. The van der Waals surface area contributed by atoms with E-state index in [1.807, 2.05) is 0 Å². The van der Waals surface area contributed by atoms with Gasteiger partial charge in [-0.05, 0) is 24.6 Å². The molecule has 14 heavy (non-hydrogen) atoms. The first-order valence-electron chi connectivity index (χ1n) is 4.03. The minimum Gasteiger partial charge on any atom is -0.388 e. The summed E-state index contributed by atoms with van der Waals surface area (Å²) in [5.41, 5.74) is 0.895. The van der Waals surface area contributed by atoms with Crippen molar-refractivity contribution in [2.45, 2.75) is 6.10 Å². The maximum absolute atomic E-state index is 10.5. The molecule has 0 amide bonds. The average Bonchev–Trinajstić information content (AvgIpc) is 2.16. The van der Waals surface area contributed by atoms with Crippen molar-refractivity contribution >= 4 is 11.4 Å². The van der Waals surface area contributed by atoms with E-state index >= 15 is 0 Å². The fourth-order valence-corrected chi connectivity index (χ4v) is 1.12. The lowest BCUT2D eigenvalue weighted by Gasteiger charge is -2.07. The van der Waals surface area contributed by atoms with Crippen molar-refractivity contribution in [2.75, 3.05) is 12.4 Å². The molecule has 0 aliphatic rings. The summed E-state index contributed by atoms with van der Waals surface area (Å²) in [6, 6.07) is 4.34. The highest BCUT2D eigenvalue weighted by Crippen LogP contribution is 2.27. The fourth-order valence-electron chi connectivity index (χ4n) is 1.12. The van der Waals surface area contributed by atoms with Crippen LogP contribution in [-0.4, -0.2) is 17.1 Å². The van der Waals surface area contributed by atoms with Gasteiger partial charge >= 0.3 is 0 Å². The largest absolute Gasteiger partial charge is 0.388 e. The number of aliphatic hydroxyl groups excluding tert-OH is 1. The van der Waals surface area contributed by atoms with Crippen molar-refractivity contribution in [2.24, 2.45) is 0 Å². The molecule has 1 aromatic carbocycles. The van der Waals surface area contributed by atoms with Gasteiger partial charge in [-0.3, -0.25) is 10.1 Å². The van der Waals surface area contributed by atoms with Crippen molar-refractivity contribution in [3.63, 3.8) is 0 Å². The standard InChI is InChI=1S/C9H11N2O3/c1-6(12)7-3-4-9(11(13)14)8(5-7)10-2/h3-6,10,12H,1H2,2H3. The molecule has 0 bridgehead atoms. The van der Waals surface area contributed by atoms with Crippen molar-refractivity contribution in [1.82, 2.24) is 0 Å². The Morgan fingerprint density at radius 2 is 2.29 bits per heavy atom. The second-order valence-electron chi connectivity index (χ2n) is 2.80. The molecule has 0 spiro atoms. The van der Waals surface area contributed by atoms with E-state index in [1.54, 1.807) is 7.05 Å². The van der Waals surface area contributed by atoms with Crippen LogP contribution in [0.2, 0.25) is 0 Å². The van der Waals surface area contributed by atoms with Crippen LogP contribution in [0.3, 0.4) is 0 Å². The minimum absolute atomic E-state index is 0.0168. The van der Waals surface area contributed by atoms with E-state index in [0.717, 1.165) is 0 Å². The predicted molar refractivity (Wildman–Crippen MR) is 53.0 cm³/mol. The molecule has 0 aromatic heterocycles. The fraction of sp³-hybridized carbons (Fsp3) is 0.222. The monoisotopic (exact) mass is 195 g/mol. The molecule has 1 radical (unpaired) electrons. The zero-order valence-electron chi connectivity index (χ0n) is 7.73. The van der Waals surface area contributed by atoms with E-state index in [0.29, 0.717) is 11.3 Å². The molecule has 5 nitrogen and oxygen atoms in total. The van der Waals surface area contributed by atoms with Crippen LogP contribution in [0.15, 0.2) is 18.2 Å². The van der Waals surface area contributed by atoms with Crippen LogP contribution in [0.1, 0.15) is 11.7 Å². The Morgan fingerprint density at radius 1 is 1.64 bits per heavy atom. The highest BCUT2D eigenvalue weighted by Gasteiger charge is 2.13. The van der Waals surface area contributed by atoms with Gasteiger partial charge in [-0.1, -0.05) is 0 Å². The summed E-state index contributed by atoms with van der Waals surface area (Å²) in [7, 11) is 1.58. The number of benzene rings is 1. The van der Waals surface area contributed by atoms with E-state index in [4.69, 9.17) is 5.11 Å². The molecule has 0 fully saturated rings. The van der Waals surface area contributed by atoms with Crippen molar-refractivity contribution in [1.29, 1.82) is 0 Å². The Labute approximate surface area is 81.5 Å². The van der Waals surface area contributed by atoms with Gasteiger partial charge < -0.3 is 10.4 Å². The molecule has 0 saturated carbocycles. The number of aliphatic hydroxyl groups is 1. The van der Waals surface area contributed by atoms with Crippen molar-refractivity contribution < 1.29 is 10.0 Å². The minimum atomic E-state index is -0.872. The first kappa shape index (κ1) is 10.5. The van der Waals surface area contributed by atoms with E-state index in [9.17, 15) is 10.1 Å². The zero-order chi connectivity index (χ0) is 10.7. The summed E-state index contributed by atoms with van der Waals surface area (Å²) in [6.07, 6.45) is -0.872. The summed E-state index contributed by atoms with van der Waals surface area (Å²) in [6.45, 7) is 3.42. The molecule has 1 aromatic rings. The molecule has 5 heteroatoms. The van der Waals surface area contributed by atoms with Crippen LogP contribution in [-0.2, 0) is 0 Å². The van der Waals surface area contributed by atoms with Crippen LogP contribution < -0.4 is 5.32 Å². The number of nitro benzene ring substituents is 1. The van der Waals surface area contributed by atoms with Gasteiger partial charge in [0, 0.05) is 13.1 Å². The summed E-state index contributed by atoms with van der Waals surface area (Å²) >= 11 is 0. The molecule has 1 rings (SSSR count). The summed E-state index contributed by atoms with van der Waals surface area (Å²) in [5.74, 6) is 0. The van der Waals surface area contributed by atoms with Crippen LogP contribution in [0.25, 0.3) is 0 Å². The molecule has 1 unspecified atom stereocenters. The first-order chi connectivity index (χ1) is 6.56. The summed E-state index contributed by atoms with van der Waals surface area (Å²) < 4.78 is 0. The van der Waals surface area contributed by atoms with Gasteiger partial charge in [0.1, 0.15) is 5.69 Å². The van der Waals surface area contributed by atoms with Gasteiger partial charge in [0.05, 0.1) is 11.0 Å². The van der Waals surface area contributed by atoms with Gasteiger partial charge in [0.2, 0.25) is 0 Å². The second kappa shape index (κ2) is 4.06. The maximum atomic E-state index is 10.5. The van der Waals surface area contributed by atoms with E-state index in [-0.39, 0.29) is 5.69 Å². The topological polar surface area (TPSA) is 75.4 Å². The highest BCUT2D eigenvalue weighted by atomic mass is 16.6. The van der Waals surface area contributed by atoms with Gasteiger partial charge in [-0.2, -0.15) is 0 Å². The van der Waals surface area contributed by atoms with E-state index in [2.05, 4.69) is 12.2 Å². The molecule has 0 aliphatic carbocycles. The van der Waals surface area contributed by atoms with Crippen LogP contribution in [0, 0.1) is 17.0 Å². The molecule has 1 atom stereocenters. The van der Waals surface area contributed by atoms with Gasteiger partial charge in [0.15, 0.2) is 0 Å². The number of anilines is 1. The molecule has 2 N–H and O–H groups in total. The lowest BCUT2D eigenvalue weighted by Crippen LogP contribution is -1.99. The number of hydrogen-bond acceptors (Lipinski definition) is 4. The lowest BCUT2D eigenvalue weighted by molar-refractivity contribution is -0.384. The second-order valence-corrected chi connectivity index (χ2v) is 2.80. The van der Waals surface area contributed by atoms with Crippen LogP contribution in [0.4, 0.5) is 11.4 Å². The van der Waals surface area contributed by atoms with Crippen molar-refractivity contribution in [3.8, 4) is 0 Å².